The highest BCUT2D eigenvalue weighted by atomic mass is 35.5. The van der Waals surface area contributed by atoms with Crippen molar-refractivity contribution in [3.8, 4) is 5.75 Å². The number of nitrogens with zero attached hydrogens (tertiary/aromatic N) is 1. The Bertz CT molecular complexity index is 724. The van der Waals surface area contributed by atoms with Gasteiger partial charge in [0.25, 0.3) is 0 Å². The topological polar surface area (TPSA) is 65.0 Å². The van der Waals surface area contributed by atoms with Crippen LogP contribution in [0.5, 0.6) is 5.75 Å². The van der Waals surface area contributed by atoms with Crippen LogP contribution in [0.2, 0.25) is 10.0 Å². The van der Waals surface area contributed by atoms with Gasteiger partial charge in [-0.2, -0.15) is 0 Å². The zero-order valence-electron chi connectivity index (χ0n) is 11.5. The second kappa shape index (κ2) is 5.82. The molecule has 0 aromatic heterocycles. The number of halogens is 4. The summed E-state index contributed by atoms with van der Waals surface area (Å²) >= 11 is 11.2. The van der Waals surface area contributed by atoms with Crippen LogP contribution < -0.4 is 4.74 Å². The van der Waals surface area contributed by atoms with Crippen molar-refractivity contribution >= 4 is 38.1 Å². The zero-order valence-corrected chi connectivity index (χ0v) is 13.8. The largest absolute Gasteiger partial charge is 0.474 e. The van der Waals surface area contributed by atoms with E-state index in [1.807, 2.05) is 0 Å². The van der Waals surface area contributed by atoms with E-state index in [1.165, 1.54) is 0 Å². The zero-order chi connectivity index (χ0) is 16.7. The van der Waals surface area contributed by atoms with Crippen LogP contribution in [0.15, 0.2) is 11.2 Å². The Labute approximate surface area is 135 Å². The third-order valence-corrected chi connectivity index (χ3v) is 4.83. The van der Waals surface area contributed by atoms with Crippen LogP contribution in [0.25, 0.3) is 0 Å². The Morgan fingerprint density at radius 2 is 1.86 bits per heavy atom. The van der Waals surface area contributed by atoms with Crippen molar-refractivity contribution in [2.24, 2.45) is 5.16 Å². The number of oxime groups is 1. The molecular weight excluding hydrogens is 363 g/mol. The van der Waals surface area contributed by atoms with Crippen molar-refractivity contribution in [1.82, 2.24) is 0 Å². The lowest BCUT2D eigenvalue weighted by molar-refractivity contribution is 0.0123. The highest BCUT2D eigenvalue weighted by molar-refractivity contribution is 8.06. The van der Waals surface area contributed by atoms with Crippen molar-refractivity contribution < 1.29 is 26.8 Å². The summed E-state index contributed by atoms with van der Waals surface area (Å²) in [6, 6.07) is 0.476. The number of rotatable bonds is 3. The molecule has 0 radical (unpaired) electrons. The molecule has 0 spiro atoms. The van der Waals surface area contributed by atoms with Gasteiger partial charge in [-0.25, -0.2) is 17.2 Å². The van der Waals surface area contributed by atoms with E-state index in [1.54, 1.807) is 13.8 Å². The van der Waals surface area contributed by atoms with Crippen LogP contribution in [0.4, 0.5) is 8.78 Å². The number of benzene rings is 1. The molecule has 0 N–H and O–H groups in total. The Hall–Kier alpha value is -1.12. The fraction of sp³-hybridized carbons (Fsp3) is 0.417. The van der Waals surface area contributed by atoms with E-state index in [4.69, 9.17) is 32.8 Å². The average Bonchev–Trinajstić information content (AvgIpc) is 2.77. The predicted octanol–water partition coefficient (Wildman–Crippen LogP) is 3.54. The fourth-order valence-corrected chi connectivity index (χ4v) is 3.24. The molecule has 1 aromatic rings. The first-order chi connectivity index (χ1) is 10.0. The summed E-state index contributed by atoms with van der Waals surface area (Å²) in [6.45, 7) is 3.32. The lowest BCUT2D eigenvalue weighted by Gasteiger charge is -2.13. The maximum absolute atomic E-state index is 13.3. The summed E-state index contributed by atoms with van der Waals surface area (Å²) < 4.78 is 55.7. The normalized spacial score (nSPS) is 17.1. The van der Waals surface area contributed by atoms with E-state index in [0.717, 1.165) is 0 Å². The Balaban J connectivity index is 2.21. The molecule has 5 nitrogen and oxygen atoms in total. The summed E-state index contributed by atoms with van der Waals surface area (Å²) in [5.41, 5.74) is -0.747. The summed E-state index contributed by atoms with van der Waals surface area (Å²) in [6.07, 6.45) is 0.0532. The van der Waals surface area contributed by atoms with Gasteiger partial charge in [0.2, 0.25) is 9.84 Å². The summed E-state index contributed by atoms with van der Waals surface area (Å²) in [5, 5.41) is 2.06. The Kier molecular flexibility index (Phi) is 4.56. The molecule has 122 valence electrons. The molecule has 1 aromatic carbocycles. The second-order valence-electron chi connectivity index (χ2n) is 5.19. The minimum atomic E-state index is -3.95. The van der Waals surface area contributed by atoms with E-state index in [-0.39, 0.29) is 11.5 Å². The van der Waals surface area contributed by atoms with E-state index in [2.05, 4.69) is 5.16 Å². The molecule has 1 aliphatic heterocycles. The van der Waals surface area contributed by atoms with Crippen molar-refractivity contribution in [2.45, 2.75) is 25.9 Å². The molecule has 0 bridgehead atoms. The summed E-state index contributed by atoms with van der Waals surface area (Å²) in [7, 11) is -3.95. The predicted molar refractivity (Wildman–Crippen MR) is 78.0 cm³/mol. The molecule has 0 saturated heterocycles. The summed E-state index contributed by atoms with van der Waals surface area (Å²) in [5.74, 6) is -3.73. The van der Waals surface area contributed by atoms with Crippen molar-refractivity contribution in [1.29, 1.82) is 0 Å². The molecule has 10 heteroatoms. The van der Waals surface area contributed by atoms with Crippen LogP contribution in [0.3, 0.4) is 0 Å². The molecule has 0 amide bonds. The molecule has 2 rings (SSSR count). The van der Waals surface area contributed by atoms with E-state index in [0.29, 0.717) is 6.07 Å². The van der Waals surface area contributed by atoms with Crippen molar-refractivity contribution in [3.63, 3.8) is 0 Å². The quantitative estimate of drug-likeness (QED) is 0.760. The van der Waals surface area contributed by atoms with Gasteiger partial charge in [0.15, 0.2) is 16.7 Å². The van der Waals surface area contributed by atoms with Gasteiger partial charge in [-0.3, -0.25) is 0 Å². The van der Waals surface area contributed by atoms with Crippen LogP contribution in [-0.4, -0.2) is 25.0 Å². The highest BCUT2D eigenvalue weighted by Crippen LogP contribution is 2.37. The van der Waals surface area contributed by atoms with Gasteiger partial charge in [0.1, 0.15) is 27.3 Å². The van der Waals surface area contributed by atoms with Crippen LogP contribution in [-0.2, 0) is 14.7 Å². The number of hydrogen-bond donors (Lipinski definition) is 0. The molecule has 0 saturated carbocycles. The summed E-state index contributed by atoms with van der Waals surface area (Å²) in [4.78, 5) is 4.96. The van der Waals surface area contributed by atoms with Crippen LogP contribution in [0, 0.1) is 11.6 Å². The third kappa shape index (κ3) is 3.44. The number of sulfone groups is 1. The van der Waals surface area contributed by atoms with Gasteiger partial charge >= 0.3 is 0 Å². The minimum Gasteiger partial charge on any atom is -0.474 e. The molecule has 1 aliphatic rings. The first-order valence-corrected chi connectivity index (χ1v) is 8.38. The molecule has 1 heterocycles. The lowest BCUT2D eigenvalue weighted by Crippen LogP contribution is -2.25. The minimum absolute atomic E-state index is 0.0532. The molecule has 0 aliphatic carbocycles. The van der Waals surface area contributed by atoms with Crippen LogP contribution >= 0.6 is 23.2 Å². The maximum atomic E-state index is 13.3. The number of ether oxygens (including phenoxy) is 1. The number of hydrogen-bond acceptors (Lipinski definition) is 5. The maximum Gasteiger partial charge on any atom is 0.230 e. The smallest absolute Gasteiger partial charge is 0.230 e. The Morgan fingerprint density at radius 1 is 1.32 bits per heavy atom. The second-order valence-corrected chi connectivity index (χ2v) is 7.88. The first kappa shape index (κ1) is 17.2. The van der Waals surface area contributed by atoms with Gasteiger partial charge < -0.3 is 9.57 Å². The van der Waals surface area contributed by atoms with Gasteiger partial charge in [0.05, 0.1) is 0 Å². The van der Waals surface area contributed by atoms with Gasteiger partial charge in [-0.05, 0) is 13.8 Å². The average molecular weight is 374 g/mol. The van der Waals surface area contributed by atoms with Gasteiger partial charge in [-0.1, -0.05) is 28.4 Å². The van der Waals surface area contributed by atoms with Crippen molar-refractivity contribution in [2.75, 3.05) is 5.94 Å². The molecular formula is C12H11Cl2F2NO4S. The van der Waals surface area contributed by atoms with Gasteiger partial charge in [-0.15, -0.1) is 0 Å². The molecule has 22 heavy (non-hydrogen) atoms. The van der Waals surface area contributed by atoms with E-state index >= 15 is 0 Å². The van der Waals surface area contributed by atoms with Gasteiger partial charge in [0, 0.05) is 12.5 Å². The molecule has 0 fully saturated rings. The Morgan fingerprint density at radius 3 is 2.32 bits per heavy atom. The van der Waals surface area contributed by atoms with E-state index < -0.39 is 48.8 Å². The SMILES string of the molecule is CC1(C)CC(S(=O)(=O)COc2c(Cl)c(F)cc(F)c2Cl)=NO1. The first-order valence-electron chi connectivity index (χ1n) is 5.97. The molecule has 0 atom stereocenters. The standard InChI is InChI=1S/C12H11Cl2F2NO4S/c1-12(2)4-8(17-21-12)22(18,19)5-20-11-9(13)6(15)3-7(16)10(11)14/h3H,4-5H2,1-2H3. The fourth-order valence-electron chi connectivity index (χ4n) is 1.65. The third-order valence-electron chi connectivity index (χ3n) is 2.76. The monoisotopic (exact) mass is 373 g/mol. The van der Waals surface area contributed by atoms with Crippen LogP contribution in [0.1, 0.15) is 20.3 Å². The molecule has 0 unspecified atom stereocenters. The highest BCUT2D eigenvalue weighted by Gasteiger charge is 2.36. The van der Waals surface area contributed by atoms with E-state index in [9.17, 15) is 17.2 Å². The lowest BCUT2D eigenvalue weighted by atomic mass is 10.1. The van der Waals surface area contributed by atoms with Crippen molar-refractivity contribution in [3.05, 3.63) is 27.7 Å².